The van der Waals surface area contributed by atoms with Gasteiger partial charge < -0.3 is 24.3 Å². The van der Waals surface area contributed by atoms with Gasteiger partial charge in [-0.3, -0.25) is 14.5 Å². The highest BCUT2D eigenvalue weighted by Crippen LogP contribution is 2.32. The Morgan fingerprint density at radius 2 is 1.84 bits per heavy atom. The number of hydrogen-bond acceptors (Lipinski definition) is 9. The molecular formula is C27H35N5O6. The number of benzene rings is 1. The second-order valence-corrected chi connectivity index (χ2v) is 8.94. The summed E-state index contributed by atoms with van der Waals surface area (Å²) < 4.78 is 23.0. The lowest BCUT2D eigenvalue weighted by Gasteiger charge is -2.26. The lowest BCUT2D eigenvalue weighted by atomic mass is 10.1. The van der Waals surface area contributed by atoms with Gasteiger partial charge in [-0.2, -0.15) is 5.10 Å². The zero-order valence-corrected chi connectivity index (χ0v) is 22.0. The molecule has 204 valence electrons. The van der Waals surface area contributed by atoms with Crippen molar-refractivity contribution >= 4 is 17.5 Å². The highest BCUT2D eigenvalue weighted by molar-refractivity contribution is 5.93. The molecule has 0 spiro atoms. The van der Waals surface area contributed by atoms with Gasteiger partial charge in [-0.15, -0.1) is 0 Å². The minimum atomic E-state index is -0.292. The topological polar surface area (TPSA) is 117 Å². The summed E-state index contributed by atoms with van der Waals surface area (Å²) in [5.74, 6) is 0.725. The van der Waals surface area contributed by atoms with Crippen molar-refractivity contribution in [2.24, 2.45) is 0 Å². The van der Waals surface area contributed by atoms with Gasteiger partial charge >= 0.3 is 5.97 Å². The maximum absolute atomic E-state index is 12.7. The Morgan fingerprint density at radius 3 is 2.63 bits per heavy atom. The lowest BCUT2D eigenvalue weighted by Crippen LogP contribution is -2.37. The summed E-state index contributed by atoms with van der Waals surface area (Å²) in [6.07, 6.45) is 4.13. The summed E-state index contributed by atoms with van der Waals surface area (Å²) in [4.78, 5) is 31.3. The molecule has 0 saturated carbocycles. The van der Waals surface area contributed by atoms with Crippen LogP contribution in [-0.4, -0.2) is 91.6 Å². The van der Waals surface area contributed by atoms with Crippen molar-refractivity contribution in [2.75, 3.05) is 60.2 Å². The predicted octanol–water partition coefficient (Wildman–Crippen LogP) is 2.58. The Bertz CT molecular complexity index is 1220. The molecule has 11 heteroatoms. The van der Waals surface area contributed by atoms with Crippen molar-refractivity contribution in [3.8, 4) is 22.8 Å². The first-order valence-corrected chi connectivity index (χ1v) is 12.9. The van der Waals surface area contributed by atoms with E-state index in [4.69, 9.17) is 18.9 Å². The van der Waals surface area contributed by atoms with Gasteiger partial charge in [-0.25, -0.2) is 9.50 Å². The number of carbonyl (C=O) groups is 2. The Balaban J connectivity index is 1.21. The van der Waals surface area contributed by atoms with Crippen LogP contribution in [0.2, 0.25) is 0 Å². The molecule has 38 heavy (non-hydrogen) atoms. The van der Waals surface area contributed by atoms with Crippen LogP contribution in [0.25, 0.3) is 16.9 Å². The van der Waals surface area contributed by atoms with E-state index in [1.807, 2.05) is 24.3 Å². The van der Waals surface area contributed by atoms with Crippen LogP contribution in [0, 0.1) is 0 Å². The zero-order chi connectivity index (χ0) is 26.7. The second-order valence-electron chi connectivity index (χ2n) is 8.94. The van der Waals surface area contributed by atoms with E-state index in [1.165, 1.54) is 0 Å². The molecule has 0 unspecified atom stereocenters. The minimum Gasteiger partial charge on any atom is -0.493 e. The van der Waals surface area contributed by atoms with Gasteiger partial charge in [0.15, 0.2) is 22.8 Å². The van der Waals surface area contributed by atoms with Gasteiger partial charge in [0, 0.05) is 50.4 Å². The summed E-state index contributed by atoms with van der Waals surface area (Å²) in [6.45, 7) is 5.19. The fraction of sp³-hybridized carbons (Fsp3) is 0.481. The Morgan fingerprint density at radius 1 is 1.03 bits per heavy atom. The second kappa shape index (κ2) is 13.7. The van der Waals surface area contributed by atoms with Gasteiger partial charge in [-0.05, 0) is 43.5 Å². The van der Waals surface area contributed by atoms with E-state index >= 15 is 0 Å². The molecule has 1 amide bonds. The highest BCUT2D eigenvalue weighted by Gasteiger charge is 2.15. The number of nitrogens with zero attached hydrogens (tertiary/aromatic N) is 4. The number of ether oxygens (including phenoxy) is 4. The molecule has 3 heterocycles. The van der Waals surface area contributed by atoms with Gasteiger partial charge in [0.25, 0.3) is 5.91 Å². The molecule has 0 atom stereocenters. The first-order valence-electron chi connectivity index (χ1n) is 12.9. The summed E-state index contributed by atoms with van der Waals surface area (Å²) >= 11 is 0. The van der Waals surface area contributed by atoms with Gasteiger partial charge in [0.05, 0.1) is 39.7 Å². The van der Waals surface area contributed by atoms with Crippen molar-refractivity contribution in [1.29, 1.82) is 0 Å². The molecule has 0 radical (unpaired) electrons. The number of carbonyl (C=O) groups excluding carboxylic acids is 2. The summed E-state index contributed by atoms with van der Waals surface area (Å²) in [7, 11) is 3.16. The number of esters is 1. The van der Waals surface area contributed by atoms with Crippen LogP contribution in [0.5, 0.6) is 11.5 Å². The molecule has 1 saturated heterocycles. The smallest absolute Gasteiger partial charge is 0.305 e. The van der Waals surface area contributed by atoms with Crippen molar-refractivity contribution in [3.05, 3.63) is 42.2 Å². The SMILES string of the molecule is COc1ccc(-c2ccnc3cc(C(=O)NCCCCC(=O)OCCCN4CCOCC4)nn23)cc1OC. The molecular weight excluding hydrogens is 490 g/mol. The van der Waals surface area contributed by atoms with Crippen molar-refractivity contribution in [3.63, 3.8) is 0 Å². The largest absolute Gasteiger partial charge is 0.493 e. The Kier molecular flexibility index (Phi) is 9.88. The molecule has 11 nitrogen and oxygen atoms in total. The van der Waals surface area contributed by atoms with E-state index in [0.717, 1.165) is 50.5 Å². The number of nitrogens with one attached hydrogen (secondary N) is 1. The monoisotopic (exact) mass is 525 g/mol. The molecule has 1 fully saturated rings. The first kappa shape index (κ1) is 27.3. The summed E-state index contributed by atoms with van der Waals surface area (Å²) in [5.41, 5.74) is 2.43. The van der Waals surface area contributed by atoms with E-state index in [1.54, 1.807) is 31.0 Å². The molecule has 0 aliphatic carbocycles. The highest BCUT2D eigenvalue weighted by atomic mass is 16.5. The number of rotatable bonds is 13. The number of morpholine rings is 1. The Hall–Kier alpha value is -3.70. The first-order chi connectivity index (χ1) is 18.6. The van der Waals surface area contributed by atoms with Crippen LogP contribution < -0.4 is 14.8 Å². The number of amides is 1. The fourth-order valence-corrected chi connectivity index (χ4v) is 4.28. The molecule has 2 aromatic heterocycles. The van der Waals surface area contributed by atoms with Crippen LogP contribution in [0.3, 0.4) is 0 Å². The number of unbranched alkanes of at least 4 members (excludes halogenated alkanes) is 1. The molecule has 1 N–H and O–H groups in total. The van der Waals surface area contributed by atoms with Gasteiger partial charge in [0.2, 0.25) is 0 Å². The van der Waals surface area contributed by atoms with Crippen LogP contribution >= 0.6 is 0 Å². The number of fused-ring (bicyclic) bond motifs is 1. The molecule has 1 aliphatic rings. The molecule has 1 aliphatic heterocycles. The quantitative estimate of drug-likeness (QED) is 0.265. The van der Waals surface area contributed by atoms with E-state index in [2.05, 4.69) is 20.3 Å². The molecule has 1 aromatic carbocycles. The normalized spacial score (nSPS) is 13.8. The summed E-state index contributed by atoms with van der Waals surface area (Å²) in [5, 5.41) is 7.34. The van der Waals surface area contributed by atoms with Crippen LogP contribution in [0.4, 0.5) is 0 Å². The maximum atomic E-state index is 12.7. The van der Waals surface area contributed by atoms with Gasteiger partial charge in [0.1, 0.15) is 0 Å². The third-order valence-corrected chi connectivity index (χ3v) is 6.35. The van der Waals surface area contributed by atoms with Crippen LogP contribution in [-0.2, 0) is 14.3 Å². The Labute approximate surface area is 222 Å². The lowest BCUT2D eigenvalue weighted by molar-refractivity contribution is -0.144. The van der Waals surface area contributed by atoms with Crippen LogP contribution in [0.15, 0.2) is 36.5 Å². The number of aromatic nitrogens is 3. The number of hydrogen-bond donors (Lipinski definition) is 1. The standard InChI is InChI=1S/C27H35N5O6/c1-35-23-8-7-20(18-24(23)36-2)22-9-11-28-25-19-21(30-32(22)25)27(34)29-10-4-3-6-26(33)38-15-5-12-31-13-16-37-17-14-31/h7-9,11,18-19H,3-6,10,12-17H2,1-2H3,(H,29,34). The van der Waals surface area contributed by atoms with E-state index in [0.29, 0.717) is 49.6 Å². The van der Waals surface area contributed by atoms with E-state index < -0.39 is 0 Å². The molecule has 0 bridgehead atoms. The van der Waals surface area contributed by atoms with Crippen molar-refractivity contribution < 1.29 is 28.5 Å². The molecule has 4 rings (SSSR count). The minimum absolute atomic E-state index is 0.201. The van der Waals surface area contributed by atoms with E-state index in [-0.39, 0.29) is 17.6 Å². The molecule has 3 aromatic rings. The third-order valence-electron chi connectivity index (χ3n) is 6.35. The van der Waals surface area contributed by atoms with E-state index in [9.17, 15) is 9.59 Å². The predicted molar refractivity (Wildman–Crippen MR) is 141 cm³/mol. The zero-order valence-electron chi connectivity index (χ0n) is 22.0. The van der Waals surface area contributed by atoms with Crippen LogP contribution in [0.1, 0.15) is 36.2 Å². The van der Waals surface area contributed by atoms with Crippen molar-refractivity contribution in [1.82, 2.24) is 24.8 Å². The third kappa shape index (κ3) is 7.20. The average Bonchev–Trinajstić information content (AvgIpc) is 3.40. The summed E-state index contributed by atoms with van der Waals surface area (Å²) in [6, 6.07) is 9.04. The van der Waals surface area contributed by atoms with Gasteiger partial charge in [-0.1, -0.05) is 0 Å². The average molecular weight is 526 g/mol. The van der Waals surface area contributed by atoms with Crippen molar-refractivity contribution in [2.45, 2.75) is 25.7 Å². The maximum Gasteiger partial charge on any atom is 0.305 e. The number of methoxy groups -OCH3 is 2. The fourth-order valence-electron chi connectivity index (χ4n) is 4.28.